The number of nitrogens with one attached hydrogen (secondary N) is 2. The molecule has 1 fully saturated rings. The lowest BCUT2D eigenvalue weighted by Gasteiger charge is -2.13. The monoisotopic (exact) mass is 378 g/mol. The summed E-state index contributed by atoms with van der Waals surface area (Å²) in [7, 11) is 0. The highest BCUT2D eigenvalue weighted by Gasteiger charge is 2.23. The number of furan rings is 1. The van der Waals surface area contributed by atoms with Crippen LogP contribution in [-0.2, 0) is 9.53 Å². The van der Waals surface area contributed by atoms with Crippen LogP contribution in [0.5, 0.6) is 0 Å². The second kappa shape index (κ2) is 7.86. The Labute approximate surface area is 162 Å². The Morgan fingerprint density at radius 2 is 1.96 bits per heavy atom. The lowest BCUT2D eigenvalue weighted by molar-refractivity contribution is -0.124. The maximum Gasteiger partial charge on any atom is 0.253 e. The summed E-state index contributed by atoms with van der Waals surface area (Å²) in [4.78, 5) is 24.8. The zero-order valence-corrected chi connectivity index (χ0v) is 15.6. The third-order valence-electron chi connectivity index (χ3n) is 4.83. The fraction of sp³-hybridized carbons (Fsp3) is 0.273. The van der Waals surface area contributed by atoms with Gasteiger partial charge < -0.3 is 19.8 Å². The van der Waals surface area contributed by atoms with Gasteiger partial charge in [-0.05, 0) is 50.1 Å². The van der Waals surface area contributed by atoms with E-state index in [1.54, 1.807) is 24.3 Å². The molecule has 2 N–H and O–H groups in total. The summed E-state index contributed by atoms with van der Waals surface area (Å²) in [5.74, 6) is 0.282. The van der Waals surface area contributed by atoms with E-state index in [1.807, 2.05) is 37.3 Å². The highest BCUT2D eigenvalue weighted by molar-refractivity contribution is 5.98. The van der Waals surface area contributed by atoms with Crippen molar-refractivity contribution in [2.45, 2.75) is 31.9 Å². The van der Waals surface area contributed by atoms with Crippen molar-refractivity contribution in [3.8, 4) is 0 Å². The third kappa shape index (κ3) is 3.92. The summed E-state index contributed by atoms with van der Waals surface area (Å²) < 4.78 is 11.2. The molecule has 6 heteroatoms. The summed E-state index contributed by atoms with van der Waals surface area (Å²) in [6, 6.07) is 16.2. The molecule has 0 radical (unpaired) electrons. The zero-order valence-electron chi connectivity index (χ0n) is 15.6. The number of hydrogen-bond donors (Lipinski definition) is 2. The van der Waals surface area contributed by atoms with Crippen LogP contribution in [0, 0.1) is 0 Å². The van der Waals surface area contributed by atoms with Gasteiger partial charge in [0.05, 0.1) is 6.04 Å². The lowest BCUT2D eigenvalue weighted by Crippen LogP contribution is -2.28. The van der Waals surface area contributed by atoms with Gasteiger partial charge in [0.1, 0.15) is 17.4 Å². The minimum Gasteiger partial charge on any atom is -0.459 e. The molecule has 2 amide bonds. The Kier molecular flexibility index (Phi) is 5.12. The van der Waals surface area contributed by atoms with E-state index in [4.69, 9.17) is 9.15 Å². The maximum absolute atomic E-state index is 12.6. The number of carbonyl (C=O) groups is 2. The van der Waals surface area contributed by atoms with Crippen molar-refractivity contribution in [2.24, 2.45) is 0 Å². The van der Waals surface area contributed by atoms with Crippen molar-refractivity contribution >= 4 is 28.5 Å². The minimum absolute atomic E-state index is 0.175. The standard InChI is InChI=1S/C22H22N2O4/c1-14(20-13-15-6-2-3-9-18(15)28-20)23-21(25)16-7-4-8-17(12-16)24-22(26)19-10-5-11-27-19/h2-4,6-9,12-14,19H,5,10-11H2,1H3,(H,23,25)(H,24,26). The highest BCUT2D eigenvalue weighted by Crippen LogP contribution is 2.24. The molecule has 0 saturated carbocycles. The molecule has 0 bridgehead atoms. The molecule has 2 unspecified atom stereocenters. The van der Waals surface area contributed by atoms with E-state index in [9.17, 15) is 9.59 Å². The summed E-state index contributed by atoms with van der Waals surface area (Å²) in [6.07, 6.45) is 1.20. The Balaban J connectivity index is 1.43. The molecule has 1 aliphatic rings. The van der Waals surface area contributed by atoms with Crippen LogP contribution in [0.1, 0.15) is 41.9 Å². The van der Waals surface area contributed by atoms with Gasteiger partial charge in [-0.3, -0.25) is 9.59 Å². The first-order chi connectivity index (χ1) is 13.6. The smallest absolute Gasteiger partial charge is 0.253 e. The maximum atomic E-state index is 12.6. The number of para-hydroxylation sites is 1. The van der Waals surface area contributed by atoms with Gasteiger partial charge in [0, 0.05) is 23.2 Å². The van der Waals surface area contributed by atoms with Gasteiger partial charge in [0.2, 0.25) is 0 Å². The second-order valence-corrected chi connectivity index (χ2v) is 6.95. The van der Waals surface area contributed by atoms with Crippen molar-refractivity contribution in [2.75, 3.05) is 11.9 Å². The van der Waals surface area contributed by atoms with Crippen molar-refractivity contribution in [1.82, 2.24) is 5.32 Å². The number of carbonyl (C=O) groups excluding carboxylic acids is 2. The largest absolute Gasteiger partial charge is 0.459 e. The number of rotatable bonds is 5. The van der Waals surface area contributed by atoms with Crippen LogP contribution in [0.3, 0.4) is 0 Å². The molecule has 1 aromatic heterocycles. The predicted octanol–water partition coefficient (Wildman–Crippen LogP) is 4.04. The average Bonchev–Trinajstić information content (AvgIpc) is 3.38. The molecule has 0 aliphatic carbocycles. The van der Waals surface area contributed by atoms with Crippen LogP contribution in [0.15, 0.2) is 59.0 Å². The summed E-state index contributed by atoms with van der Waals surface area (Å²) in [5, 5.41) is 6.76. The van der Waals surface area contributed by atoms with Crippen LogP contribution in [0.25, 0.3) is 11.0 Å². The van der Waals surface area contributed by atoms with Gasteiger partial charge in [0.25, 0.3) is 11.8 Å². The summed E-state index contributed by atoms with van der Waals surface area (Å²) >= 11 is 0. The first-order valence-electron chi connectivity index (χ1n) is 9.42. The topological polar surface area (TPSA) is 80.6 Å². The van der Waals surface area contributed by atoms with Gasteiger partial charge >= 0.3 is 0 Å². The molecule has 2 atom stereocenters. The lowest BCUT2D eigenvalue weighted by atomic mass is 10.1. The Hall–Kier alpha value is -3.12. The van der Waals surface area contributed by atoms with E-state index in [1.165, 1.54) is 0 Å². The molecule has 1 aliphatic heterocycles. The molecule has 3 aromatic rings. The van der Waals surface area contributed by atoms with E-state index in [2.05, 4.69) is 10.6 Å². The van der Waals surface area contributed by atoms with Gasteiger partial charge in [-0.25, -0.2) is 0 Å². The van der Waals surface area contributed by atoms with Gasteiger partial charge in [-0.15, -0.1) is 0 Å². The Bertz CT molecular complexity index is 971. The van der Waals surface area contributed by atoms with Crippen LogP contribution >= 0.6 is 0 Å². The molecular formula is C22H22N2O4. The molecule has 2 heterocycles. The number of hydrogen-bond acceptors (Lipinski definition) is 4. The Morgan fingerprint density at radius 1 is 1.11 bits per heavy atom. The number of benzene rings is 2. The highest BCUT2D eigenvalue weighted by atomic mass is 16.5. The van der Waals surface area contributed by atoms with Gasteiger partial charge in [-0.2, -0.15) is 0 Å². The zero-order chi connectivity index (χ0) is 19.5. The van der Waals surface area contributed by atoms with Gasteiger partial charge in [0.15, 0.2) is 0 Å². The molecule has 144 valence electrons. The first-order valence-corrected chi connectivity index (χ1v) is 9.42. The number of fused-ring (bicyclic) bond motifs is 1. The van der Waals surface area contributed by atoms with Crippen LogP contribution < -0.4 is 10.6 Å². The van der Waals surface area contributed by atoms with Crippen LogP contribution in [0.4, 0.5) is 5.69 Å². The van der Waals surface area contributed by atoms with E-state index in [-0.39, 0.29) is 17.9 Å². The van der Waals surface area contributed by atoms with E-state index < -0.39 is 6.10 Å². The van der Waals surface area contributed by atoms with E-state index >= 15 is 0 Å². The second-order valence-electron chi connectivity index (χ2n) is 6.95. The molecule has 28 heavy (non-hydrogen) atoms. The molecule has 0 spiro atoms. The Morgan fingerprint density at radius 3 is 2.75 bits per heavy atom. The SMILES string of the molecule is CC(NC(=O)c1cccc(NC(=O)C2CCCO2)c1)c1cc2ccccc2o1. The predicted molar refractivity (Wildman–Crippen MR) is 106 cm³/mol. The molecular weight excluding hydrogens is 356 g/mol. The van der Waals surface area contributed by atoms with Crippen LogP contribution in [-0.4, -0.2) is 24.5 Å². The molecule has 1 saturated heterocycles. The number of amides is 2. The fourth-order valence-electron chi connectivity index (χ4n) is 3.31. The minimum atomic E-state index is -0.411. The van der Waals surface area contributed by atoms with Crippen molar-refractivity contribution in [3.05, 3.63) is 65.9 Å². The normalized spacial score (nSPS) is 17.4. The van der Waals surface area contributed by atoms with Gasteiger partial charge in [-0.1, -0.05) is 24.3 Å². The van der Waals surface area contributed by atoms with E-state index in [0.717, 1.165) is 23.8 Å². The quantitative estimate of drug-likeness (QED) is 0.702. The molecule has 2 aromatic carbocycles. The summed E-state index contributed by atoms with van der Waals surface area (Å²) in [6.45, 7) is 2.49. The average molecular weight is 378 g/mol. The van der Waals surface area contributed by atoms with Crippen LogP contribution in [0.2, 0.25) is 0 Å². The molecule has 6 nitrogen and oxygen atoms in total. The van der Waals surface area contributed by atoms with Crippen molar-refractivity contribution in [3.63, 3.8) is 0 Å². The van der Waals surface area contributed by atoms with E-state index in [0.29, 0.717) is 23.6 Å². The summed E-state index contributed by atoms with van der Waals surface area (Å²) in [5.41, 5.74) is 1.83. The fourth-order valence-corrected chi connectivity index (χ4v) is 3.31. The first kappa shape index (κ1) is 18.3. The molecule has 4 rings (SSSR count). The third-order valence-corrected chi connectivity index (χ3v) is 4.83. The van der Waals surface area contributed by atoms with Crippen molar-refractivity contribution < 1.29 is 18.7 Å². The number of ether oxygens (including phenoxy) is 1. The number of anilines is 1. The van der Waals surface area contributed by atoms with Crippen molar-refractivity contribution in [1.29, 1.82) is 0 Å².